The number of phosphoric ester groups is 2. The number of hydrogen-bond acceptors (Lipinski definition) is 15. The second-order valence-corrected chi connectivity index (χ2v) is 29.6. The van der Waals surface area contributed by atoms with Gasteiger partial charge in [-0.3, -0.25) is 37.3 Å². The second-order valence-electron chi connectivity index (χ2n) is 26.7. The molecule has 3 N–H and O–H groups in total. The van der Waals surface area contributed by atoms with Crippen molar-refractivity contribution in [1.29, 1.82) is 0 Å². The smallest absolute Gasteiger partial charge is 0.462 e. The minimum Gasteiger partial charge on any atom is -0.462 e. The Labute approximate surface area is 556 Å². The van der Waals surface area contributed by atoms with Crippen molar-refractivity contribution in [2.75, 3.05) is 39.6 Å². The summed E-state index contributed by atoms with van der Waals surface area (Å²) in [5.74, 6) is -0.605. The van der Waals surface area contributed by atoms with E-state index in [2.05, 4.69) is 41.5 Å². The lowest BCUT2D eigenvalue weighted by Crippen LogP contribution is -2.30. The Morgan fingerprint density at radius 3 is 0.835 bits per heavy atom. The van der Waals surface area contributed by atoms with Crippen molar-refractivity contribution in [1.82, 2.24) is 0 Å². The first-order valence-corrected chi connectivity index (χ1v) is 40.5. The van der Waals surface area contributed by atoms with Gasteiger partial charge in [-0.1, -0.05) is 318 Å². The number of hydrogen-bond donors (Lipinski definition) is 3. The molecule has 0 aromatic heterocycles. The Hall–Kier alpha value is -1.94. The van der Waals surface area contributed by atoms with Gasteiger partial charge in [0.2, 0.25) is 0 Å². The van der Waals surface area contributed by atoms with Crippen LogP contribution in [0.1, 0.15) is 369 Å². The monoisotopic (exact) mass is 1340 g/mol. The largest absolute Gasteiger partial charge is 0.472 e. The van der Waals surface area contributed by atoms with Crippen LogP contribution in [0, 0.1) is 11.8 Å². The number of ether oxygens (including phenoxy) is 4. The van der Waals surface area contributed by atoms with E-state index < -0.39 is 97.5 Å². The zero-order valence-electron chi connectivity index (χ0n) is 59.1. The number of carbonyl (C=O) groups excluding carboxylic acids is 4. The summed E-state index contributed by atoms with van der Waals surface area (Å²) < 4.78 is 68.1. The van der Waals surface area contributed by atoms with Crippen LogP contribution in [0.2, 0.25) is 0 Å². The summed E-state index contributed by atoms with van der Waals surface area (Å²) in [6.45, 7) is 9.45. The molecule has 0 aromatic carbocycles. The fourth-order valence-corrected chi connectivity index (χ4v) is 12.5. The molecule has 540 valence electrons. The van der Waals surface area contributed by atoms with E-state index in [4.69, 9.17) is 37.0 Å². The summed E-state index contributed by atoms with van der Waals surface area (Å²) in [7, 11) is -9.89. The van der Waals surface area contributed by atoms with Crippen molar-refractivity contribution in [3.8, 4) is 0 Å². The van der Waals surface area contributed by atoms with Crippen LogP contribution < -0.4 is 0 Å². The molecule has 0 radical (unpaired) electrons. The van der Waals surface area contributed by atoms with E-state index in [1.807, 2.05) is 0 Å². The lowest BCUT2D eigenvalue weighted by Gasteiger charge is -2.21. The zero-order valence-corrected chi connectivity index (χ0v) is 60.9. The quantitative estimate of drug-likeness (QED) is 0.0222. The summed E-state index contributed by atoms with van der Waals surface area (Å²) in [4.78, 5) is 72.3. The summed E-state index contributed by atoms with van der Waals surface area (Å²) in [5, 5.41) is 10.6. The molecule has 0 aliphatic carbocycles. The van der Waals surface area contributed by atoms with Crippen molar-refractivity contribution in [3.63, 3.8) is 0 Å². The van der Waals surface area contributed by atoms with Gasteiger partial charge in [-0.05, 0) is 37.5 Å². The van der Waals surface area contributed by atoms with E-state index in [-0.39, 0.29) is 25.7 Å². The molecule has 17 nitrogen and oxygen atoms in total. The number of unbranched alkanes of at least 4 members (excludes halogenated alkanes) is 40. The van der Waals surface area contributed by atoms with E-state index in [1.165, 1.54) is 180 Å². The Balaban J connectivity index is 5.14. The van der Waals surface area contributed by atoms with Crippen molar-refractivity contribution >= 4 is 39.5 Å². The maximum Gasteiger partial charge on any atom is 0.472 e. The molecule has 0 aliphatic heterocycles. The fourth-order valence-electron chi connectivity index (χ4n) is 10.9. The number of aliphatic hydroxyl groups excluding tert-OH is 1. The normalized spacial score (nSPS) is 14.4. The molecule has 0 aromatic rings. The van der Waals surface area contributed by atoms with Crippen LogP contribution >= 0.6 is 15.6 Å². The molecule has 0 saturated heterocycles. The molecule has 0 rings (SSSR count). The number of esters is 4. The third-order valence-corrected chi connectivity index (χ3v) is 19.0. The first-order valence-electron chi connectivity index (χ1n) is 37.5. The molecular formula is C72H140O17P2. The number of phosphoric acid groups is 2. The lowest BCUT2D eigenvalue weighted by atomic mass is 10.00. The third kappa shape index (κ3) is 65.1. The SMILES string of the molecule is CCCCCCCCCCCCCCCCCCCC(=O)OC[C@H](COP(=O)(O)OC[C@@H](O)COP(=O)(O)OC[C@@H](COC(=O)CCCCCCC)OC(=O)CCCCCCCCC(C)CC)OC(=O)CCCCCCCCCCCCCCCCCCC(C)C. The molecule has 3 unspecified atom stereocenters. The molecule has 0 spiro atoms. The molecule has 0 aliphatic rings. The first kappa shape index (κ1) is 89.1. The topological polar surface area (TPSA) is 237 Å². The Morgan fingerprint density at radius 2 is 0.560 bits per heavy atom. The zero-order chi connectivity index (χ0) is 67.2. The molecule has 0 saturated carbocycles. The molecular weight excluding hydrogens is 1200 g/mol. The van der Waals surface area contributed by atoms with Gasteiger partial charge >= 0.3 is 39.5 Å². The summed E-state index contributed by atoms with van der Waals surface area (Å²) in [5.41, 5.74) is 0. The van der Waals surface area contributed by atoms with Gasteiger partial charge in [-0.15, -0.1) is 0 Å². The van der Waals surface area contributed by atoms with Gasteiger partial charge in [-0.25, -0.2) is 9.13 Å². The minimum absolute atomic E-state index is 0.102. The van der Waals surface area contributed by atoms with Gasteiger partial charge < -0.3 is 33.8 Å². The minimum atomic E-state index is -4.95. The second kappa shape index (κ2) is 64.1. The Bertz CT molecular complexity index is 1770. The van der Waals surface area contributed by atoms with Crippen LogP contribution in [0.3, 0.4) is 0 Å². The fraction of sp³-hybridized carbons (Fsp3) is 0.944. The van der Waals surface area contributed by atoms with Gasteiger partial charge in [0.25, 0.3) is 0 Å². The summed E-state index contributed by atoms with van der Waals surface area (Å²) in [6, 6.07) is 0. The van der Waals surface area contributed by atoms with Crippen LogP contribution in [0.5, 0.6) is 0 Å². The van der Waals surface area contributed by atoms with Crippen LogP contribution in [0.4, 0.5) is 0 Å². The van der Waals surface area contributed by atoms with Crippen molar-refractivity contribution in [2.45, 2.75) is 387 Å². The van der Waals surface area contributed by atoms with Crippen LogP contribution in [0.15, 0.2) is 0 Å². The Kier molecular flexibility index (Phi) is 62.7. The van der Waals surface area contributed by atoms with Crippen LogP contribution in [-0.4, -0.2) is 96.7 Å². The maximum absolute atomic E-state index is 13.1. The molecule has 0 fully saturated rings. The average Bonchev–Trinajstić information content (AvgIpc) is 3.20. The highest BCUT2D eigenvalue weighted by Crippen LogP contribution is 2.45. The van der Waals surface area contributed by atoms with Gasteiger partial charge in [0.15, 0.2) is 12.2 Å². The molecule has 6 atom stereocenters. The predicted molar refractivity (Wildman–Crippen MR) is 368 cm³/mol. The number of aliphatic hydroxyl groups is 1. The number of rotatable bonds is 71. The highest BCUT2D eigenvalue weighted by Gasteiger charge is 2.30. The maximum atomic E-state index is 13.1. The van der Waals surface area contributed by atoms with Crippen LogP contribution in [0.25, 0.3) is 0 Å². The van der Waals surface area contributed by atoms with E-state index in [1.54, 1.807) is 0 Å². The van der Waals surface area contributed by atoms with E-state index in [0.717, 1.165) is 108 Å². The van der Waals surface area contributed by atoms with Gasteiger partial charge in [0.1, 0.15) is 19.3 Å². The van der Waals surface area contributed by atoms with Crippen LogP contribution in [-0.2, 0) is 65.4 Å². The molecule has 0 bridgehead atoms. The molecule has 0 amide bonds. The third-order valence-electron chi connectivity index (χ3n) is 17.1. The lowest BCUT2D eigenvalue weighted by molar-refractivity contribution is -0.161. The molecule has 0 heterocycles. The van der Waals surface area contributed by atoms with Crippen molar-refractivity contribution in [2.24, 2.45) is 11.8 Å². The highest BCUT2D eigenvalue weighted by atomic mass is 31.2. The van der Waals surface area contributed by atoms with Gasteiger partial charge in [0.05, 0.1) is 26.4 Å². The standard InChI is InChI=1S/C72H140O17P2/c1-7-10-12-14-15-16-17-18-19-20-24-27-30-33-36-43-49-55-70(75)83-61-68(88-71(76)56-50-44-37-34-31-28-25-22-21-23-26-29-32-35-41-46-52-64(4)5)63-87-91(80,81)85-59-66(73)58-84-90(78,79)86-62-67(60-82-69(74)54-48-40-13-11-8-2)89-72(77)57-51-45-39-38-42-47-53-65(6)9-3/h64-68,73H,7-63H2,1-6H3,(H,78,79)(H,80,81)/t65?,66-,67+,68+/m0/s1. The highest BCUT2D eigenvalue weighted by molar-refractivity contribution is 7.47. The summed E-state index contributed by atoms with van der Waals surface area (Å²) >= 11 is 0. The number of carbonyl (C=O) groups is 4. The van der Waals surface area contributed by atoms with Gasteiger partial charge in [-0.2, -0.15) is 0 Å². The predicted octanol–water partition coefficient (Wildman–Crippen LogP) is 20.8. The van der Waals surface area contributed by atoms with E-state index >= 15 is 0 Å². The van der Waals surface area contributed by atoms with Gasteiger partial charge in [0, 0.05) is 25.7 Å². The van der Waals surface area contributed by atoms with E-state index in [0.29, 0.717) is 25.7 Å². The molecule has 91 heavy (non-hydrogen) atoms. The first-order chi connectivity index (χ1) is 43.9. The average molecular weight is 1340 g/mol. The summed E-state index contributed by atoms with van der Waals surface area (Å²) in [6.07, 6.45) is 50.5. The van der Waals surface area contributed by atoms with E-state index in [9.17, 15) is 43.2 Å². The van der Waals surface area contributed by atoms with Crippen molar-refractivity contribution in [3.05, 3.63) is 0 Å². The Morgan fingerprint density at radius 1 is 0.319 bits per heavy atom. The molecule has 19 heteroatoms. The van der Waals surface area contributed by atoms with Crippen molar-refractivity contribution < 1.29 is 80.2 Å².